The third-order valence-electron chi connectivity index (χ3n) is 5.46. The van der Waals surface area contributed by atoms with Gasteiger partial charge in [0.1, 0.15) is 5.82 Å². The van der Waals surface area contributed by atoms with Crippen molar-refractivity contribution < 1.29 is 28.2 Å². The highest BCUT2D eigenvalue weighted by molar-refractivity contribution is 7.07. The fraction of sp³-hybridized carbons (Fsp3) is 0.231. The molecule has 0 fully saturated rings. The largest absolute Gasteiger partial charge is 0.493 e. The average molecular weight is 511 g/mol. The van der Waals surface area contributed by atoms with Crippen molar-refractivity contribution in [2.45, 2.75) is 26.8 Å². The number of para-hydroxylation sites is 1. The van der Waals surface area contributed by atoms with E-state index in [9.17, 15) is 18.8 Å². The number of fused-ring (bicyclic) bond motifs is 1. The summed E-state index contributed by atoms with van der Waals surface area (Å²) in [6, 6.07) is 9.76. The Balaban J connectivity index is 1.96. The Morgan fingerprint density at radius 3 is 2.56 bits per heavy atom. The summed E-state index contributed by atoms with van der Waals surface area (Å²) in [6.45, 7) is 4.77. The van der Waals surface area contributed by atoms with Gasteiger partial charge in [0, 0.05) is 12.5 Å². The van der Waals surface area contributed by atoms with Crippen LogP contribution in [-0.4, -0.2) is 30.2 Å². The molecule has 0 radical (unpaired) electrons. The minimum atomic E-state index is -0.860. The van der Waals surface area contributed by atoms with Crippen LogP contribution in [0.15, 0.2) is 63.5 Å². The molecule has 0 saturated heterocycles. The molecule has 0 saturated carbocycles. The molecule has 0 amide bonds. The molecular formula is C26H23FN2O6S. The van der Waals surface area contributed by atoms with Crippen molar-refractivity contribution in [3.63, 3.8) is 0 Å². The van der Waals surface area contributed by atoms with Crippen LogP contribution in [0, 0.1) is 5.82 Å². The second-order valence-corrected chi connectivity index (χ2v) is 8.84. The number of nitrogens with zero attached hydrogens (tertiary/aromatic N) is 2. The third-order valence-corrected chi connectivity index (χ3v) is 6.45. The van der Waals surface area contributed by atoms with E-state index in [0.29, 0.717) is 31.9 Å². The van der Waals surface area contributed by atoms with Crippen molar-refractivity contribution in [1.29, 1.82) is 0 Å². The highest BCUT2D eigenvalue weighted by atomic mass is 32.1. The zero-order chi connectivity index (χ0) is 26.0. The monoisotopic (exact) mass is 510 g/mol. The molecule has 36 heavy (non-hydrogen) atoms. The van der Waals surface area contributed by atoms with E-state index in [-0.39, 0.29) is 17.9 Å². The van der Waals surface area contributed by atoms with Crippen LogP contribution in [-0.2, 0) is 14.3 Å². The molecule has 1 aliphatic heterocycles. The summed E-state index contributed by atoms with van der Waals surface area (Å²) in [5, 5.41) is 0. The molecule has 1 unspecified atom stereocenters. The molecule has 8 nitrogen and oxygen atoms in total. The zero-order valence-corrected chi connectivity index (χ0v) is 20.8. The van der Waals surface area contributed by atoms with Gasteiger partial charge in [-0.1, -0.05) is 35.6 Å². The van der Waals surface area contributed by atoms with Crippen LogP contribution in [0.1, 0.15) is 37.9 Å². The number of halogens is 1. The highest BCUT2D eigenvalue weighted by Crippen LogP contribution is 2.33. The first-order valence-electron chi connectivity index (χ1n) is 11.1. The Kier molecular flexibility index (Phi) is 7.16. The maximum absolute atomic E-state index is 13.7. The zero-order valence-electron chi connectivity index (χ0n) is 20.0. The lowest BCUT2D eigenvalue weighted by Gasteiger charge is -2.24. The number of methoxy groups -OCH3 is 1. The minimum absolute atomic E-state index is 0.144. The average Bonchev–Trinajstić information content (AvgIpc) is 3.14. The van der Waals surface area contributed by atoms with Crippen molar-refractivity contribution in [2.24, 2.45) is 4.99 Å². The van der Waals surface area contributed by atoms with Gasteiger partial charge in [0.05, 0.1) is 35.6 Å². The van der Waals surface area contributed by atoms with Gasteiger partial charge in [-0.15, -0.1) is 0 Å². The van der Waals surface area contributed by atoms with E-state index in [4.69, 9.17) is 14.2 Å². The van der Waals surface area contributed by atoms with E-state index in [1.54, 1.807) is 38.1 Å². The lowest BCUT2D eigenvalue weighted by Crippen LogP contribution is -2.39. The Bertz CT molecular complexity index is 1550. The Labute approximate surface area is 209 Å². The second kappa shape index (κ2) is 10.3. The molecule has 0 spiro atoms. The van der Waals surface area contributed by atoms with Gasteiger partial charge >= 0.3 is 11.9 Å². The summed E-state index contributed by atoms with van der Waals surface area (Å²) in [7, 11) is 1.45. The van der Waals surface area contributed by atoms with Crippen molar-refractivity contribution in [1.82, 2.24) is 4.57 Å². The van der Waals surface area contributed by atoms with Crippen molar-refractivity contribution in [3.05, 3.63) is 90.4 Å². The molecule has 1 atom stereocenters. The molecule has 186 valence electrons. The maximum atomic E-state index is 13.7. The summed E-state index contributed by atoms with van der Waals surface area (Å²) < 4.78 is 31.3. The number of ether oxygens (including phenoxy) is 3. The predicted octanol–water partition coefficient (Wildman–Crippen LogP) is 2.87. The Hall–Kier alpha value is -4.05. The van der Waals surface area contributed by atoms with Gasteiger partial charge in [0.2, 0.25) is 0 Å². The van der Waals surface area contributed by atoms with Gasteiger partial charge in [-0.2, -0.15) is 0 Å². The number of rotatable bonds is 6. The molecule has 1 aromatic heterocycles. The van der Waals surface area contributed by atoms with E-state index < -0.39 is 29.4 Å². The van der Waals surface area contributed by atoms with Gasteiger partial charge in [-0.05, 0) is 43.7 Å². The number of carbonyl (C=O) groups excluding carboxylic acids is 2. The molecule has 0 aliphatic carbocycles. The maximum Gasteiger partial charge on any atom is 0.338 e. The first-order valence-corrected chi connectivity index (χ1v) is 11.9. The Morgan fingerprint density at radius 2 is 1.92 bits per heavy atom. The first kappa shape index (κ1) is 25.1. The van der Waals surface area contributed by atoms with Crippen LogP contribution in [0.4, 0.5) is 4.39 Å². The van der Waals surface area contributed by atoms with Gasteiger partial charge in [0.25, 0.3) is 5.56 Å². The Morgan fingerprint density at radius 1 is 1.19 bits per heavy atom. The quantitative estimate of drug-likeness (QED) is 0.374. The number of hydrogen-bond acceptors (Lipinski definition) is 8. The van der Waals surface area contributed by atoms with Crippen LogP contribution in [0.2, 0.25) is 0 Å². The van der Waals surface area contributed by atoms with Crippen molar-refractivity contribution in [2.75, 3.05) is 13.7 Å². The second-order valence-electron chi connectivity index (χ2n) is 7.83. The summed E-state index contributed by atoms with van der Waals surface area (Å²) in [4.78, 5) is 43.1. The molecular weight excluding hydrogens is 487 g/mol. The molecule has 0 N–H and O–H groups in total. The van der Waals surface area contributed by atoms with Gasteiger partial charge in [-0.3, -0.25) is 14.2 Å². The molecule has 3 aromatic rings. The number of hydrogen-bond donors (Lipinski definition) is 0. The van der Waals surface area contributed by atoms with E-state index in [1.165, 1.54) is 42.9 Å². The predicted molar refractivity (Wildman–Crippen MR) is 131 cm³/mol. The summed E-state index contributed by atoms with van der Waals surface area (Å²) in [5.41, 5.74) is 1.17. The summed E-state index contributed by atoms with van der Waals surface area (Å²) in [5.74, 6) is -1.08. The number of thiazole rings is 1. The molecule has 10 heteroatoms. The van der Waals surface area contributed by atoms with Gasteiger partial charge in [-0.25, -0.2) is 14.2 Å². The lowest BCUT2D eigenvalue weighted by molar-refractivity contribution is -0.139. The highest BCUT2D eigenvalue weighted by Gasteiger charge is 2.33. The van der Waals surface area contributed by atoms with Crippen LogP contribution in [0.5, 0.6) is 11.5 Å². The number of benzene rings is 2. The first-order chi connectivity index (χ1) is 17.2. The van der Waals surface area contributed by atoms with E-state index in [0.717, 1.165) is 11.3 Å². The van der Waals surface area contributed by atoms with E-state index in [2.05, 4.69) is 4.99 Å². The molecule has 4 rings (SSSR count). The topological polar surface area (TPSA) is 96.2 Å². The van der Waals surface area contributed by atoms with E-state index in [1.807, 2.05) is 0 Å². The number of esters is 2. The smallest absolute Gasteiger partial charge is 0.338 e. The van der Waals surface area contributed by atoms with E-state index >= 15 is 0 Å². The lowest BCUT2D eigenvalue weighted by atomic mass is 9.96. The number of allylic oxidation sites excluding steroid dienone is 1. The van der Waals surface area contributed by atoms with Crippen molar-refractivity contribution >= 4 is 29.4 Å². The number of carbonyl (C=O) groups is 2. The SMILES string of the molecule is CCOC(=O)C1=C(C)N=c2sc(=Cc3cccc(OC)c3OC(C)=O)c(=O)n2C1c1ccc(F)cc1. The third kappa shape index (κ3) is 4.72. The van der Waals surface area contributed by atoms with Crippen LogP contribution >= 0.6 is 11.3 Å². The van der Waals surface area contributed by atoms with Gasteiger partial charge in [0.15, 0.2) is 16.3 Å². The molecule has 2 aromatic carbocycles. The molecule has 2 heterocycles. The summed E-state index contributed by atoms with van der Waals surface area (Å²) >= 11 is 1.12. The minimum Gasteiger partial charge on any atom is -0.493 e. The summed E-state index contributed by atoms with van der Waals surface area (Å²) in [6.07, 6.45) is 1.58. The number of aromatic nitrogens is 1. The normalized spacial score (nSPS) is 15.2. The van der Waals surface area contributed by atoms with Crippen LogP contribution < -0.4 is 24.4 Å². The molecule has 1 aliphatic rings. The van der Waals surface area contributed by atoms with Crippen molar-refractivity contribution in [3.8, 4) is 11.5 Å². The van der Waals surface area contributed by atoms with Gasteiger partial charge < -0.3 is 14.2 Å². The van der Waals surface area contributed by atoms with Crippen LogP contribution in [0.3, 0.4) is 0 Å². The molecule has 0 bridgehead atoms. The fourth-order valence-electron chi connectivity index (χ4n) is 3.95. The standard InChI is InChI=1S/C26H23FN2O6S/c1-5-34-25(32)21-14(2)28-26-29(22(21)16-9-11-18(27)12-10-16)24(31)20(36-26)13-17-7-6-8-19(33-4)23(17)35-15(3)30/h6-13,22H,5H2,1-4H3. The van der Waals surface area contributed by atoms with Crippen LogP contribution in [0.25, 0.3) is 6.08 Å². The fourth-order valence-corrected chi connectivity index (χ4v) is 4.99.